The van der Waals surface area contributed by atoms with E-state index in [1.54, 1.807) is 17.0 Å². The summed E-state index contributed by atoms with van der Waals surface area (Å²) < 4.78 is 0.836. The van der Waals surface area contributed by atoms with Crippen LogP contribution in [0.15, 0.2) is 22.7 Å². The zero-order valence-electron chi connectivity index (χ0n) is 8.90. The van der Waals surface area contributed by atoms with Gasteiger partial charge in [0.2, 0.25) is 5.91 Å². The molecule has 84 valence electrons. The number of hydrogen-bond acceptors (Lipinski definition) is 3. The number of nitrogens with two attached hydrogens (primary N) is 1. The summed E-state index contributed by atoms with van der Waals surface area (Å²) in [5.41, 5.74) is 6.41. The molecule has 2 N–H and O–H groups in total. The topological polar surface area (TPSA) is 70.1 Å². The van der Waals surface area contributed by atoms with E-state index in [2.05, 4.69) is 22.0 Å². The number of hydrogen-bond donors (Lipinski definition) is 1. The first-order valence-electron chi connectivity index (χ1n) is 4.81. The molecule has 0 aliphatic heterocycles. The van der Waals surface area contributed by atoms with Crippen LogP contribution in [0.1, 0.15) is 12.5 Å². The van der Waals surface area contributed by atoms with Gasteiger partial charge in [0.25, 0.3) is 0 Å². The fraction of sp³-hybridized carbons (Fsp3) is 0.273. The smallest absolute Gasteiger partial charge is 0.236 e. The van der Waals surface area contributed by atoms with Gasteiger partial charge in [0.05, 0.1) is 17.8 Å². The molecule has 0 bridgehead atoms. The van der Waals surface area contributed by atoms with Crippen LogP contribution in [0, 0.1) is 11.3 Å². The van der Waals surface area contributed by atoms with Crippen LogP contribution in [0.2, 0.25) is 0 Å². The van der Waals surface area contributed by atoms with E-state index in [-0.39, 0.29) is 6.54 Å². The lowest BCUT2D eigenvalue weighted by Crippen LogP contribution is -2.34. The lowest BCUT2D eigenvalue weighted by atomic mass is 10.1. The van der Waals surface area contributed by atoms with E-state index in [9.17, 15) is 4.79 Å². The van der Waals surface area contributed by atoms with Gasteiger partial charge in [0.15, 0.2) is 0 Å². The SMILES string of the molecule is CCN(CC(N)=O)c1ccc(Br)cc1C#N. The van der Waals surface area contributed by atoms with Gasteiger partial charge < -0.3 is 10.6 Å². The van der Waals surface area contributed by atoms with Gasteiger partial charge in [-0.1, -0.05) is 15.9 Å². The number of nitrogens with zero attached hydrogens (tertiary/aromatic N) is 2. The van der Waals surface area contributed by atoms with Crippen molar-refractivity contribution in [2.75, 3.05) is 18.0 Å². The van der Waals surface area contributed by atoms with Crippen molar-refractivity contribution in [2.24, 2.45) is 5.73 Å². The summed E-state index contributed by atoms with van der Waals surface area (Å²) in [5.74, 6) is -0.409. The summed E-state index contributed by atoms with van der Waals surface area (Å²) in [6.07, 6.45) is 0. The number of nitriles is 1. The van der Waals surface area contributed by atoms with E-state index in [1.807, 2.05) is 13.0 Å². The second-order valence-electron chi connectivity index (χ2n) is 3.25. The Kier molecular flexibility index (Phi) is 4.32. The molecule has 1 rings (SSSR count). The fourth-order valence-corrected chi connectivity index (χ4v) is 1.79. The Morgan fingerprint density at radius 1 is 1.62 bits per heavy atom. The van der Waals surface area contributed by atoms with E-state index in [0.717, 1.165) is 10.2 Å². The molecule has 0 atom stereocenters. The summed E-state index contributed by atoms with van der Waals surface area (Å²) in [6.45, 7) is 2.65. The molecule has 0 heterocycles. The van der Waals surface area contributed by atoms with Crippen molar-refractivity contribution in [3.63, 3.8) is 0 Å². The van der Waals surface area contributed by atoms with Gasteiger partial charge in [0.1, 0.15) is 6.07 Å². The second-order valence-corrected chi connectivity index (χ2v) is 4.17. The molecule has 0 unspecified atom stereocenters. The maximum atomic E-state index is 10.9. The summed E-state index contributed by atoms with van der Waals surface area (Å²) in [6, 6.07) is 7.46. The number of benzene rings is 1. The maximum absolute atomic E-state index is 10.9. The summed E-state index contributed by atoms with van der Waals surface area (Å²) in [5, 5.41) is 9.01. The van der Waals surface area contributed by atoms with E-state index < -0.39 is 5.91 Å². The molecule has 0 saturated heterocycles. The molecule has 5 heteroatoms. The molecule has 1 amide bonds. The van der Waals surface area contributed by atoms with Crippen LogP contribution < -0.4 is 10.6 Å². The molecule has 4 nitrogen and oxygen atoms in total. The zero-order valence-corrected chi connectivity index (χ0v) is 10.5. The molecule has 0 aromatic heterocycles. The van der Waals surface area contributed by atoms with Crippen LogP contribution in [0.4, 0.5) is 5.69 Å². The Balaban J connectivity index is 3.10. The highest BCUT2D eigenvalue weighted by molar-refractivity contribution is 9.10. The largest absolute Gasteiger partial charge is 0.368 e. The quantitative estimate of drug-likeness (QED) is 0.912. The normalized spacial score (nSPS) is 9.56. The first kappa shape index (κ1) is 12.5. The van der Waals surface area contributed by atoms with Crippen molar-refractivity contribution >= 4 is 27.5 Å². The van der Waals surface area contributed by atoms with Gasteiger partial charge in [-0.3, -0.25) is 4.79 Å². The highest BCUT2D eigenvalue weighted by Crippen LogP contribution is 2.23. The highest BCUT2D eigenvalue weighted by Gasteiger charge is 2.11. The number of amides is 1. The number of carbonyl (C=O) groups excluding carboxylic acids is 1. The van der Waals surface area contributed by atoms with Gasteiger partial charge in [-0.2, -0.15) is 5.26 Å². The molecule has 0 spiro atoms. The van der Waals surface area contributed by atoms with Crippen LogP contribution in [-0.2, 0) is 4.79 Å². The van der Waals surface area contributed by atoms with Crippen LogP contribution in [0.25, 0.3) is 0 Å². The lowest BCUT2D eigenvalue weighted by Gasteiger charge is -2.22. The Bertz CT molecular complexity index is 439. The average molecular weight is 282 g/mol. The summed E-state index contributed by atoms with van der Waals surface area (Å²) >= 11 is 3.30. The number of primary amides is 1. The molecular formula is C11H12BrN3O. The summed E-state index contributed by atoms with van der Waals surface area (Å²) in [4.78, 5) is 12.7. The van der Waals surface area contributed by atoms with Crippen molar-refractivity contribution in [3.05, 3.63) is 28.2 Å². The predicted molar refractivity (Wildman–Crippen MR) is 65.9 cm³/mol. The minimum Gasteiger partial charge on any atom is -0.368 e. The number of anilines is 1. The molecule has 1 aromatic rings. The van der Waals surface area contributed by atoms with Gasteiger partial charge in [-0.05, 0) is 25.1 Å². The van der Waals surface area contributed by atoms with E-state index in [0.29, 0.717) is 12.1 Å². The third-order valence-corrected chi connectivity index (χ3v) is 2.64. The van der Waals surface area contributed by atoms with Crippen molar-refractivity contribution in [2.45, 2.75) is 6.92 Å². The number of carbonyl (C=O) groups is 1. The predicted octanol–water partition coefficient (Wildman–Crippen LogP) is 1.63. The van der Waals surface area contributed by atoms with Crippen molar-refractivity contribution in [3.8, 4) is 6.07 Å². The molecule has 0 radical (unpaired) electrons. The molecule has 1 aromatic carbocycles. The molecule has 0 aliphatic rings. The van der Waals surface area contributed by atoms with E-state index in [1.165, 1.54) is 0 Å². The van der Waals surface area contributed by atoms with Gasteiger partial charge in [0, 0.05) is 11.0 Å². The molecule has 0 fully saturated rings. The molecule has 0 aliphatic carbocycles. The number of rotatable bonds is 4. The zero-order chi connectivity index (χ0) is 12.1. The van der Waals surface area contributed by atoms with Gasteiger partial charge in [-0.25, -0.2) is 0 Å². The number of likely N-dealkylation sites (N-methyl/N-ethyl adjacent to an activating group) is 1. The number of halogens is 1. The molecule has 16 heavy (non-hydrogen) atoms. The minimum atomic E-state index is -0.409. The van der Waals surface area contributed by atoms with Crippen LogP contribution in [-0.4, -0.2) is 19.0 Å². The Morgan fingerprint density at radius 2 is 2.31 bits per heavy atom. The van der Waals surface area contributed by atoms with Gasteiger partial charge in [-0.15, -0.1) is 0 Å². The van der Waals surface area contributed by atoms with Crippen molar-refractivity contribution in [1.82, 2.24) is 0 Å². The van der Waals surface area contributed by atoms with Crippen molar-refractivity contribution in [1.29, 1.82) is 5.26 Å². The first-order valence-corrected chi connectivity index (χ1v) is 5.60. The maximum Gasteiger partial charge on any atom is 0.236 e. The fourth-order valence-electron chi connectivity index (χ4n) is 1.43. The van der Waals surface area contributed by atoms with E-state index >= 15 is 0 Å². The molecule has 0 saturated carbocycles. The lowest BCUT2D eigenvalue weighted by molar-refractivity contribution is -0.116. The second kappa shape index (κ2) is 5.52. The minimum absolute atomic E-state index is 0.118. The van der Waals surface area contributed by atoms with E-state index in [4.69, 9.17) is 11.0 Å². The standard InChI is InChI=1S/C11H12BrN3O/c1-2-15(7-11(14)16)10-4-3-9(12)5-8(10)6-13/h3-5H,2,7H2,1H3,(H2,14,16). The van der Waals surface area contributed by atoms with Crippen LogP contribution in [0.3, 0.4) is 0 Å². The van der Waals surface area contributed by atoms with Crippen LogP contribution >= 0.6 is 15.9 Å². The van der Waals surface area contributed by atoms with Crippen molar-refractivity contribution < 1.29 is 4.79 Å². The Hall–Kier alpha value is -1.54. The Labute approximate surface area is 103 Å². The van der Waals surface area contributed by atoms with Crippen LogP contribution in [0.5, 0.6) is 0 Å². The third-order valence-electron chi connectivity index (χ3n) is 2.15. The Morgan fingerprint density at radius 3 is 2.81 bits per heavy atom. The average Bonchev–Trinajstić information content (AvgIpc) is 2.25. The third kappa shape index (κ3) is 2.97. The summed E-state index contributed by atoms with van der Waals surface area (Å²) in [7, 11) is 0. The first-order chi connectivity index (χ1) is 7.58. The highest BCUT2D eigenvalue weighted by atomic mass is 79.9. The molecular weight excluding hydrogens is 270 g/mol. The monoisotopic (exact) mass is 281 g/mol. The van der Waals surface area contributed by atoms with Gasteiger partial charge >= 0.3 is 0 Å².